The van der Waals surface area contributed by atoms with Crippen molar-refractivity contribution in [1.82, 2.24) is 5.32 Å². The van der Waals surface area contributed by atoms with Crippen LogP contribution in [0.2, 0.25) is 5.02 Å². The fraction of sp³-hybridized carbons (Fsp3) is 0.278. The van der Waals surface area contributed by atoms with Gasteiger partial charge in [0.2, 0.25) is 5.91 Å². The second-order valence-corrected chi connectivity index (χ2v) is 6.13. The second kappa shape index (κ2) is 7.02. The van der Waals surface area contributed by atoms with Crippen molar-refractivity contribution in [3.8, 4) is 11.5 Å². The Morgan fingerprint density at radius 1 is 1.17 bits per heavy atom. The van der Waals surface area contributed by atoms with Gasteiger partial charge in [0.1, 0.15) is 5.75 Å². The standard InChI is InChI=1S/C18H19ClN2O2/c1-12(13-10-20-11-13)18(22)21-15-7-3-5-9-17(15)23-16-8-4-2-6-14(16)19/h2-9,12-13,20H,10-11H2,1H3,(H,21,22). The Kier molecular flexibility index (Phi) is 4.84. The average molecular weight is 331 g/mol. The third-order valence-electron chi connectivity index (χ3n) is 4.14. The summed E-state index contributed by atoms with van der Waals surface area (Å²) in [5.41, 5.74) is 0.650. The van der Waals surface area contributed by atoms with Crippen LogP contribution in [-0.4, -0.2) is 19.0 Å². The molecule has 1 saturated heterocycles. The Labute approximate surface area is 140 Å². The Morgan fingerprint density at radius 3 is 2.48 bits per heavy atom. The van der Waals surface area contributed by atoms with Crippen molar-refractivity contribution >= 4 is 23.2 Å². The lowest BCUT2D eigenvalue weighted by Gasteiger charge is -2.31. The molecule has 0 spiro atoms. The molecule has 3 rings (SSSR count). The third kappa shape index (κ3) is 3.66. The van der Waals surface area contributed by atoms with E-state index in [9.17, 15) is 4.79 Å². The molecule has 1 heterocycles. The summed E-state index contributed by atoms with van der Waals surface area (Å²) in [5.74, 6) is 1.50. The minimum absolute atomic E-state index is 0.00621. The van der Waals surface area contributed by atoms with E-state index in [1.807, 2.05) is 43.3 Å². The summed E-state index contributed by atoms with van der Waals surface area (Å²) in [4.78, 5) is 12.4. The van der Waals surface area contributed by atoms with Crippen LogP contribution in [0.5, 0.6) is 11.5 Å². The Bertz CT molecular complexity index is 701. The molecule has 1 aliphatic heterocycles. The number of carbonyl (C=O) groups is 1. The highest BCUT2D eigenvalue weighted by Gasteiger charge is 2.29. The SMILES string of the molecule is CC(C(=O)Nc1ccccc1Oc1ccccc1Cl)C1CNC1. The van der Waals surface area contributed by atoms with Crippen molar-refractivity contribution in [2.24, 2.45) is 11.8 Å². The van der Waals surface area contributed by atoms with Crippen molar-refractivity contribution in [1.29, 1.82) is 0 Å². The number of benzene rings is 2. The zero-order valence-corrected chi connectivity index (χ0v) is 13.6. The van der Waals surface area contributed by atoms with Gasteiger partial charge in [0.05, 0.1) is 10.7 Å². The van der Waals surface area contributed by atoms with Crippen molar-refractivity contribution < 1.29 is 9.53 Å². The summed E-state index contributed by atoms with van der Waals surface area (Å²) in [5, 5.41) is 6.69. The first kappa shape index (κ1) is 15.8. The zero-order chi connectivity index (χ0) is 16.2. The molecule has 5 heteroatoms. The Morgan fingerprint density at radius 2 is 1.83 bits per heavy atom. The molecule has 0 saturated carbocycles. The number of ether oxygens (including phenoxy) is 1. The summed E-state index contributed by atoms with van der Waals surface area (Å²) >= 11 is 6.13. The van der Waals surface area contributed by atoms with Crippen LogP contribution in [0.15, 0.2) is 48.5 Å². The highest BCUT2D eigenvalue weighted by Crippen LogP contribution is 2.33. The summed E-state index contributed by atoms with van der Waals surface area (Å²) in [6.07, 6.45) is 0. The molecule has 120 valence electrons. The van der Waals surface area contributed by atoms with Gasteiger partial charge in [-0.15, -0.1) is 0 Å². The predicted molar refractivity (Wildman–Crippen MR) is 92.1 cm³/mol. The number of nitrogens with one attached hydrogen (secondary N) is 2. The van der Waals surface area contributed by atoms with E-state index in [0.717, 1.165) is 13.1 Å². The van der Waals surface area contributed by atoms with Gasteiger partial charge in [-0.05, 0) is 43.3 Å². The molecule has 2 aromatic rings. The normalized spacial score (nSPS) is 15.6. The van der Waals surface area contributed by atoms with Gasteiger partial charge in [-0.3, -0.25) is 4.79 Å². The molecule has 4 nitrogen and oxygen atoms in total. The molecule has 1 unspecified atom stereocenters. The lowest BCUT2D eigenvalue weighted by Crippen LogP contribution is -2.48. The minimum Gasteiger partial charge on any atom is -0.454 e. The maximum Gasteiger partial charge on any atom is 0.227 e. The minimum atomic E-state index is -0.0374. The largest absolute Gasteiger partial charge is 0.454 e. The van der Waals surface area contributed by atoms with Crippen LogP contribution >= 0.6 is 11.6 Å². The highest BCUT2D eigenvalue weighted by molar-refractivity contribution is 6.32. The monoisotopic (exact) mass is 330 g/mol. The number of amides is 1. The highest BCUT2D eigenvalue weighted by atomic mass is 35.5. The molecule has 1 fully saturated rings. The van der Waals surface area contributed by atoms with E-state index in [1.54, 1.807) is 12.1 Å². The summed E-state index contributed by atoms with van der Waals surface area (Å²) in [6.45, 7) is 3.75. The number of carbonyl (C=O) groups excluding carboxylic acids is 1. The van der Waals surface area contributed by atoms with E-state index >= 15 is 0 Å². The van der Waals surface area contributed by atoms with Crippen LogP contribution in [0.25, 0.3) is 0 Å². The van der Waals surface area contributed by atoms with Crippen molar-refractivity contribution in [3.05, 3.63) is 53.6 Å². The molecule has 23 heavy (non-hydrogen) atoms. The van der Waals surface area contributed by atoms with E-state index in [4.69, 9.17) is 16.3 Å². The van der Waals surface area contributed by atoms with E-state index in [-0.39, 0.29) is 11.8 Å². The van der Waals surface area contributed by atoms with Crippen LogP contribution in [0, 0.1) is 11.8 Å². The number of rotatable bonds is 5. The van der Waals surface area contributed by atoms with Crippen molar-refractivity contribution in [2.45, 2.75) is 6.92 Å². The van der Waals surface area contributed by atoms with Crippen LogP contribution < -0.4 is 15.4 Å². The first-order valence-corrected chi connectivity index (χ1v) is 8.06. The molecule has 1 aliphatic rings. The summed E-state index contributed by atoms with van der Waals surface area (Å²) < 4.78 is 5.86. The molecule has 1 atom stereocenters. The maximum absolute atomic E-state index is 12.4. The second-order valence-electron chi connectivity index (χ2n) is 5.72. The quantitative estimate of drug-likeness (QED) is 0.873. The molecule has 1 amide bonds. The third-order valence-corrected chi connectivity index (χ3v) is 4.45. The van der Waals surface area contributed by atoms with Gasteiger partial charge in [-0.25, -0.2) is 0 Å². The zero-order valence-electron chi connectivity index (χ0n) is 12.9. The average Bonchev–Trinajstić information content (AvgIpc) is 2.49. The molecule has 0 aliphatic carbocycles. The van der Waals surface area contributed by atoms with Gasteiger partial charge in [0.25, 0.3) is 0 Å². The first-order chi connectivity index (χ1) is 11.1. The lowest BCUT2D eigenvalue weighted by molar-refractivity contribution is -0.121. The van der Waals surface area contributed by atoms with E-state index in [0.29, 0.717) is 28.1 Å². The Balaban J connectivity index is 1.75. The van der Waals surface area contributed by atoms with E-state index in [2.05, 4.69) is 10.6 Å². The number of hydrogen-bond donors (Lipinski definition) is 2. The van der Waals surface area contributed by atoms with Crippen molar-refractivity contribution in [2.75, 3.05) is 18.4 Å². The lowest BCUT2D eigenvalue weighted by atomic mass is 9.88. The fourth-order valence-corrected chi connectivity index (χ4v) is 2.60. The molecule has 0 bridgehead atoms. The summed E-state index contributed by atoms with van der Waals surface area (Å²) in [7, 11) is 0. The van der Waals surface area contributed by atoms with Gasteiger partial charge < -0.3 is 15.4 Å². The van der Waals surface area contributed by atoms with Gasteiger partial charge in [0.15, 0.2) is 5.75 Å². The molecular formula is C18H19ClN2O2. The molecular weight excluding hydrogens is 312 g/mol. The van der Waals surface area contributed by atoms with E-state index in [1.165, 1.54) is 0 Å². The van der Waals surface area contributed by atoms with Crippen molar-refractivity contribution in [3.63, 3.8) is 0 Å². The summed E-state index contributed by atoms with van der Waals surface area (Å²) in [6, 6.07) is 14.6. The fourth-order valence-electron chi connectivity index (χ4n) is 2.43. The Hall–Kier alpha value is -2.04. The molecule has 0 radical (unpaired) electrons. The molecule has 2 N–H and O–H groups in total. The van der Waals surface area contributed by atoms with Crippen LogP contribution in [0.4, 0.5) is 5.69 Å². The van der Waals surface area contributed by atoms with Gasteiger partial charge in [-0.1, -0.05) is 42.8 Å². The van der Waals surface area contributed by atoms with Gasteiger partial charge in [-0.2, -0.15) is 0 Å². The first-order valence-electron chi connectivity index (χ1n) is 7.68. The van der Waals surface area contributed by atoms with Gasteiger partial charge in [0, 0.05) is 5.92 Å². The maximum atomic E-state index is 12.4. The van der Waals surface area contributed by atoms with Gasteiger partial charge >= 0.3 is 0 Å². The van der Waals surface area contributed by atoms with E-state index < -0.39 is 0 Å². The molecule has 2 aromatic carbocycles. The van der Waals surface area contributed by atoms with Crippen LogP contribution in [0.1, 0.15) is 6.92 Å². The smallest absolute Gasteiger partial charge is 0.227 e. The van der Waals surface area contributed by atoms with Crippen LogP contribution in [-0.2, 0) is 4.79 Å². The number of hydrogen-bond acceptors (Lipinski definition) is 3. The predicted octanol–water partition coefficient (Wildman–Crippen LogP) is 3.93. The number of anilines is 1. The number of halogens is 1. The van der Waals surface area contributed by atoms with Crippen LogP contribution in [0.3, 0.4) is 0 Å². The molecule has 0 aromatic heterocycles. The topological polar surface area (TPSA) is 50.4 Å². The number of para-hydroxylation sites is 3.